The molecule has 1 aliphatic heterocycles. The molecule has 18 heavy (non-hydrogen) atoms. The number of hydrogen-bond acceptors (Lipinski definition) is 2. The van der Waals surface area contributed by atoms with E-state index in [9.17, 15) is 4.79 Å². The van der Waals surface area contributed by atoms with Crippen molar-refractivity contribution >= 4 is 23.2 Å². The Balaban J connectivity index is 2.36. The zero-order valence-corrected chi connectivity index (χ0v) is 11.5. The van der Waals surface area contributed by atoms with Crippen molar-refractivity contribution in [1.82, 2.24) is 0 Å². The van der Waals surface area contributed by atoms with Gasteiger partial charge in [-0.25, -0.2) is 0 Å². The van der Waals surface area contributed by atoms with Crippen molar-refractivity contribution in [2.24, 2.45) is 0 Å². The molecular weight excluding hydrogens is 250 g/mol. The molecule has 0 bridgehead atoms. The van der Waals surface area contributed by atoms with Crippen LogP contribution in [0.3, 0.4) is 0 Å². The van der Waals surface area contributed by atoms with Gasteiger partial charge >= 0.3 is 0 Å². The molecule has 2 rings (SSSR count). The number of benzene rings is 1. The summed E-state index contributed by atoms with van der Waals surface area (Å²) in [6.07, 6.45) is 2.35. The van der Waals surface area contributed by atoms with Gasteiger partial charge in [-0.15, -0.1) is 0 Å². The van der Waals surface area contributed by atoms with Crippen LogP contribution in [-0.4, -0.2) is 18.6 Å². The van der Waals surface area contributed by atoms with Crippen molar-refractivity contribution in [2.45, 2.75) is 39.2 Å². The standard InChI is InChI=1S/C14H18ClNO2/c1-3-5-8-16-11-9-10(15)6-7-13(11)18-12(4-2)14(16)17/h6-7,9,12H,3-5,8H2,1-2H3. The Labute approximate surface area is 113 Å². The monoisotopic (exact) mass is 267 g/mol. The number of halogens is 1. The lowest BCUT2D eigenvalue weighted by Gasteiger charge is -2.34. The van der Waals surface area contributed by atoms with Crippen molar-refractivity contribution < 1.29 is 9.53 Å². The number of amides is 1. The van der Waals surface area contributed by atoms with Gasteiger partial charge in [-0.1, -0.05) is 31.9 Å². The Morgan fingerprint density at radius 1 is 1.39 bits per heavy atom. The molecule has 0 aromatic heterocycles. The molecule has 1 aliphatic rings. The van der Waals surface area contributed by atoms with Gasteiger partial charge < -0.3 is 9.64 Å². The highest BCUT2D eigenvalue weighted by Gasteiger charge is 2.32. The lowest BCUT2D eigenvalue weighted by molar-refractivity contribution is -0.126. The lowest BCUT2D eigenvalue weighted by atomic mass is 10.1. The maximum atomic E-state index is 12.3. The van der Waals surface area contributed by atoms with Crippen molar-refractivity contribution in [2.75, 3.05) is 11.4 Å². The SMILES string of the molecule is CCCCN1C(=O)C(CC)Oc2ccc(Cl)cc21. The summed E-state index contributed by atoms with van der Waals surface area (Å²) in [5.41, 5.74) is 0.797. The minimum Gasteiger partial charge on any atom is -0.478 e. The third kappa shape index (κ3) is 2.46. The molecular formula is C14H18ClNO2. The van der Waals surface area contributed by atoms with Gasteiger partial charge in [0.1, 0.15) is 5.75 Å². The van der Waals surface area contributed by atoms with E-state index in [2.05, 4.69) is 6.92 Å². The minimum absolute atomic E-state index is 0.0423. The van der Waals surface area contributed by atoms with Gasteiger partial charge in [-0.3, -0.25) is 4.79 Å². The van der Waals surface area contributed by atoms with Gasteiger partial charge in [0.2, 0.25) is 0 Å². The summed E-state index contributed by atoms with van der Waals surface area (Å²) in [5, 5.41) is 0.626. The van der Waals surface area contributed by atoms with E-state index >= 15 is 0 Å². The Morgan fingerprint density at radius 2 is 2.17 bits per heavy atom. The zero-order chi connectivity index (χ0) is 13.1. The molecule has 98 valence electrons. The van der Waals surface area contributed by atoms with Gasteiger partial charge in [0, 0.05) is 11.6 Å². The summed E-state index contributed by atoms with van der Waals surface area (Å²) in [6, 6.07) is 5.43. The summed E-state index contributed by atoms with van der Waals surface area (Å²) in [7, 11) is 0. The lowest BCUT2D eigenvalue weighted by Crippen LogP contribution is -2.46. The highest BCUT2D eigenvalue weighted by molar-refractivity contribution is 6.31. The van der Waals surface area contributed by atoms with Crippen LogP contribution < -0.4 is 9.64 Å². The molecule has 0 aliphatic carbocycles. The van der Waals surface area contributed by atoms with E-state index in [-0.39, 0.29) is 12.0 Å². The van der Waals surface area contributed by atoms with E-state index in [1.54, 1.807) is 12.1 Å². The van der Waals surface area contributed by atoms with Crippen LogP contribution >= 0.6 is 11.6 Å². The van der Waals surface area contributed by atoms with Crippen LogP contribution in [0.25, 0.3) is 0 Å². The number of unbranched alkanes of at least 4 members (excludes halogenated alkanes) is 1. The molecule has 1 unspecified atom stereocenters. The average molecular weight is 268 g/mol. The summed E-state index contributed by atoms with van der Waals surface area (Å²) in [5.74, 6) is 0.794. The van der Waals surface area contributed by atoms with Crippen LogP contribution in [0.2, 0.25) is 5.02 Å². The van der Waals surface area contributed by atoms with Crippen LogP contribution in [-0.2, 0) is 4.79 Å². The Morgan fingerprint density at radius 3 is 2.83 bits per heavy atom. The predicted octanol–water partition coefficient (Wildman–Crippen LogP) is 3.64. The number of hydrogen-bond donors (Lipinski definition) is 0. The molecule has 1 aromatic rings. The molecule has 3 nitrogen and oxygen atoms in total. The molecule has 1 heterocycles. The number of carbonyl (C=O) groups excluding carboxylic acids is 1. The molecule has 1 amide bonds. The number of nitrogens with zero attached hydrogens (tertiary/aromatic N) is 1. The quantitative estimate of drug-likeness (QED) is 0.833. The summed E-state index contributed by atoms with van der Waals surface area (Å²) >= 11 is 6.00. The number of carbonyl (C=O) groups is 1. The van der Waals surface area contributed by atoms with Gasteiger partial charge in [-0.05, 0) is 31.0 Å². The third-order valence-electron chi connectivity index (χ3n) is 3.13. The Bertz CT molecular complexity index is 447. The van der Waals surface area contributed by atoms with E-state index in [1.807, 2.05) is 17.9 Å². The molecule has 1 atom stereocenters. The summed E-state index contributed by atoms with van der Waals surface area (Å²) in [6.45, 7) is 4.80. The van der Waals surface area contributed by atoms with Gasteiger partial charge in [0.25, 0.3) is 5.91 Å². The maximum Gasteiger partial charge on any atom is 0.268 e. The second-order valence-electron chi connectivity index (χ2n) is 4.47. The summed E-state index contributed by atoms with van der Waals surface area (Å²) in [4.78, 5) is 14.1. The van der Waals surface area contributed by atoms with Crippen molar-refractivity contribution in [3.8, 4) is 5.75 Å². The van der Waals surface area contributed by atoms with Crippen LogP contribution in [0.4, 0.5) is 5.69 Å². The average Bonchev–Trinajstić information content (AvgIpc) is 2.37. The third-order valence-corrected chi connectivity index (χ3v) is 3.36. The second-order valence-corrected chi connectivity index (χ2v) is 4.91. The first-order valence-electron chi connectivity index (χ1n) is 6.45. The smallest absolute Gasteiger partial charge is 0.268 e. The molecule has 0 N–H and O–H groups in total. The van der Waals surface area contributed by atoms with E-state index in [0.717, 1.165) is 30.8 Å². The minimum atomic E-state index is -0.365. The van der Waals surface area contributed by atoms with Gasteiger partial charge in [0.15, 0.2) is 6.10 Å². The molecule has 0 saturated carbocycles. The van der Waals surface area contributed by atoms with E-state index in [0.29, 0.717) is 11.4 Å². The molecule has 4 heteroatoms. The largest absolute Gasteiger partial charge is 0.478 e. The van der Waals surface area contributed by atoms with E-state index in [1.165, 1.54) is 0 Å². The molecule has 0 spiro atoms. The van der Waals surface area contributed by atoms with Crippen molar-refractivity contribution in [3.63, 3.8) is 0 Å². The fraction of sp³-hybridized carbons (Fsp3) is 0.500. The first-order chi connectivity index (χ1) is 8.67. The second kappa shape index (κ2) is 5.61. The molecule has 0 fully saturated rings. The van der Waals surface area contributed by atoms with Crippen molar-refractivity contribution in [3.05, 3.63) is 23.2 Å². The highest BCUT2D eigenvalue weighted by Crippen LogP contribution is 2.36. The molecule has 1 aromatic carbocycles. The molecule has 0 saturated heterocycles. The van der Waals surface area contributed by atoms with Crippen molar-refractivity contribution in [1.29, 1.82) is 0 Å². The molecule has 0 radical (unpaired) electrons. The van der Waals surface area contributed by atoms with Gasteiger partial charge in [-0.2, -0.15) is 0 Å². The van der Waals surface area contributed by atoms with Crippen LogP contribution in [0.1, 0.15) is 33.1 Å². The maximum absolute atomic E-state index is 12.3. The zero-order valence-electron chi connectivity index (χ0n) is 10.8. The summed E-state index contributed by atoms with van der Waals surface area (Å²) < 4.78 is 5.71. The first kappa shape index (κ1) is 13.2. The number of rotatable bonds is 4. The van der Waals surface area contributed by atoms with E-state index in [4.69, 9.17) is 16.3 Å². The number of ether oxygens (including phenoxy) is 1. The topological polar surface area (TPSA) is 29.5 Å². The Kier molecular flexibility index (Phi) is 4.12. The number of anilines is 1. The van der Waals surface area contributed by atoms with Crippen LogP contribution in [0, 0.1) is 0 Å². The Hall–Kier alpha value is -1.22. The fourth-order valence-corrected chi connectivity index (χ4v) is 2.27. The number of fused-ring (bicyclic) bond motifs is 1. The predicted molar refractivity (Wildman–Crippen MR) is 73.4 cm³/mol. The van der Waals surface area contributed by atoms with Crippen LogP contribution in [0.5, 0.6) is 5.75 Å². The fourth-order valence-electron chi connectivity index (χ4n) is 2.10. The van der Waals surface area contributed by atoms with Crippen LogP contribution in [0.15, 0.2) is 18.2 Å². The highest BCUT2D eigenvalue weighted by atomic mass is 35.5. The van der Waals surface area contributed by atoms with E-state index < -0.39 is 0 Å². The first-order valence-corrected chi connectivity index (χ1v) is 6.82. The normalized spacial score (nSPS) is 18.5. The van der Waals surface area contributed by atoms with Gasteiger partial charge in [0.05, 0.1) is 5.69 Å².